The fourth-order valence-electron chi connectivity index (χ4n) is 6.02. The van der Waals surface area contributed by atoms with Gasteiger partial charge in [-0.1, -0.05) is 205 Å². The van der Waals surface area contributed by atoms with Crippen LogP contribution in [0.5, 0.6) is 0 Å². The van der Waals surface area contributed by atoms with E-state index in [1.807, 2.05) is 0 Å². The Morgan fingerprint density at radius 3 is 1.02 bits per heavy atom. The van der Waals surface area contributed by atoms with Crippen LogP contribution in [0.15, 0.2) is 194 Å². The summed E-state index contributed by atoms with van der Waals surface area (Å²) in [5.41, 5.74) is 10.7. The van der Waals surface area contributed by atoms with Gasteiger partial charge in [-0.3, -0.25) is 0 Å². The largest absolute Gasteiger partial charge is 0.0622 e. The summed E-state index contributed by atoms with van der Waals surface area (Å²) in [7, 11) is 0. The third-order valence-electron chi connectivity index (χ3n) is 8.67. The van der Waals surface area contributed by atoms with Crippen molar-refractivity contribution in [3.8, 4) is 11.1 Å². The van der Waals surface area contributed by atoms with Crippen LogP contribution in [-0.2, 0) is 12.8 Å². The van der Waals surface area contributed by atoms with Crippen molar-refractivity contribution in [3.05, 3.63) is 228 Å². The molecule has 0 saturated carbocycles. The molecule has 0 aliphatic rings. The molecule has 8 rings (SSSR count). The highest BCUT2D eigenvalue weighted by Crippen LogP contribution is 2.23. The van der Waals surface area contributed by atoms with Crippen molar-refractivity contribution in [3.63, 3.8) is 0 Å². The number of rotatable bonds is 5. The second kappa shape index (κ2) is 16.2. The van der Waals surface area contributed by atoms with Crippen LogP contribution in [0.25, 0.3) is 32.7 Å². The van der Waals surface area contributed by atoms with E-state index in [4.69, 9.17) is 0 Å². The molecule has 0 aliphatic carbocycles. The first-order valence-electron chi connectivity index (χ1n) is 16.8. The van der Waals surface area contributed by atoms with Crippen molar-refractivity contribution in [1.29, 1.82) is 0 Å². The van der Waals surface area contributed by atoms with Crippen LogP contribution in [0.3, 0.4) is 0 Å². The van der Waals surface area contributed by atoms with Gasteiger partial charge in [0.25, 0.3) is 0 Å². The number of hydrogen-bond acceptors (Lipinski definition) is 0. The normalized spacial score (nSPS) is 10.5. The van der Waals surface area contributed by atoms with E-state index in [1.165, 1.54) is 66.1 Å². The highest BCUT2D eigenvalue weighted by Gasteiger charge is 2.02. The monoisotopic (exact) mass is 618 g/mol. The van der Waals surface area contributed by atoms with E-state index in [1.54, 1.807) is 0 Å². The Bertz CT molecular complexity index is 1990. The van der Waals surface area contributed by atoms with Gasteiger partial charge in [-0.15, -0.1) is 0 Å². The highest BCUT2D eigenvalue weighted by molar-refractivity contribution is 5.86. The highest BCUT2D eigenvalue weighted by atomic mass is 14.1. The van der Waals surface area contributed by atoms with Crippen LogP contribution in [-0.4, -0.2) is 0 Å². The van der Waals surface area contributed by atoms with Crippen LogP contribution < -0.4 is 0 Å². The van der Waals surface area contributed by atoms with Gasteiger partial charge in [0.2, 0.25) is 0 Å². The molecule has 0 saturated heterocycles. The Kier molecular flexibility index (Phi) is 10.9. The minimum absolute atomic E-state index is 1.00. The smallest absolute Gasteiger partial charge is 0.00196 e. The summed E-state index contributed by atoms with van der Waals surface area (Å²) in [6.07, 6.45) is 2.00. The molecule has 0 bridgehead atoms. The van der Waals surface area contributed by atoms with E-state index in [2.05, 4.69) is 208 Å². The summed E-state index contributed by atoms with van der Waals surface area (Å²) in [4.78, 5) is 0. The van der Waals surface area contributed by atoms with Gasteiger partial charge in [0.05, 0.1) is 0 Å². The molecular weight excluding hydrogens is 577 g/mol. The minimum atomic E-state index is 1.00. The number of fused-ring (bicyclic) bond motifs is 2. The Morgan fingerprint density at radius 1 is 0.292 bits per heavy atom. The molecule has 8 aromatic rings. The van der Waals surface area contributed by atoms with E-state index in [-0.39, 0.29) is 0 Å². The summed E-state index contributed by atoms with van der Waals surface area (Å²) in [6.45, 7) is 4.22. The van der Waals surface area contributed by atoms with Gasteiger partial charge >= 0.3 is 0 Å². The first-order chi connectivity index (χ1) is 23.6. The van der Waals surface area contributed by atoms with Gasteiger partial charge in [0.15, 0.2) is 0 Å². The van der Waals surface area contributed by atoms with Gasteiger partial charge in [-0.25, -0.2) is 0 Å². The Labute approximate surface area is 286 Å². The molecule has 0 nitrogen and oxygen atoms in total. The van der Waals surface area contributed by atoms with Crippen LogP contribution in [0.4, 0.5) is 0 Å². The van der Waals surface area contributed by atoms with Gasteiger partial charge in [-0.2, -0.15) is 0 Å². The maximum atomic E-state index is 2.22. The molecule has 0 heteroatoms. The first-order valence-corrected chi connectivity index (χ1v) is 16.8. The van der Waals surface area contributed by atoms with Crippen molar-refractivity contribution in [1.82, 2.24) is 0 Å². The summed E-state index contributed by atoms with van der Waals surface area (Å²) in [5, 5.41) is 5.36. The first kappa shape index (κ1) is 32.2. The molecule has 48 heavy (non-hydrogen) atoms. The fraction of sp³-hybridized carbons (Fsp3) is 0.0833. The fourth-order valence-corrected chi connectivity index (χ4v) is 6.02. The van der Waals surface area contributed by atoms with Gasteiger partial charge in [0, 0.05) is 0 Å². The van der Waals surface area contributed by atoms with E-state index in [0.717, 1.165) is 12.8 Å². The quantitative estimate of drug-likeness (QED) is 0.180. The van der Waals surface area contributed by atoms with E-state index in [9.17, 15) is 0 Å². The van der Waals surface area contributed by atoms with Gasteiger partial charge in [-0.05, 0) is 81.6 Å². The van der Waals surface area contributed by atoms with Crippen molar-refractivity contribution < 1.29 is 0 Å². The second-order valence-electron chi connectivity index (χ2n) is 12.3. The summed E-state index contributed by atoms with van der Waals surface area (Å²) >= 11 is 0. The predicted molar refractivity (Wildman–Crippen MR) is 208 cm³/mol. The molecule has 0 N–H and O–H groups in total. The molecule has 0 radical (unpaired) electrons. The second-order valence-corrected chi connectivity index (χ2v) is 12.3. The summed E-state index contributed by atoms with van der Waals surface area (Å²) in [5.74, 6) is 0. The molecule has 0 unspecified atom stereocenters. The number of benzene rings is 8. The number of aryl methyl sites for hydroxylation is 2. The van der Waals surface area contributed by atoms with Crippen LogP contribution in [0.1, 0.15) is 33.4 Å². The zero-order chi connectivity index (χ0) is 33.0. The summed E-state index contributed by atoms with van der Waals surface area (Å²) in [6, 6.07) is 68.7. The van der Waals surface area contributed by atoms with E-state index < -0.39 is 0 Å². The van der Waals surface area contributed by atoms with E-state index in [0.29, 0.717) is 0 Å². The van der Waals surface area contributed by atoms with Crippen LogP contribution >= 0.6 is 0 Å². The van der Waals surface area contributed by atoms with Crippen LogP contribution in [0.2, 0.25) is 0 Å². The molecule has 0 atom stereocenters. The molecule has 0 aliphatic heterocycles. The predicted octanol–water partition coefficient (Wildman–Crippen LogP) is 12.8. The Morgan fingerprint density at radius 2 is 0.625 bits per heavy atom. The lowest BCUT2D eigenvalue weighted by molar-refractivity contribution is 1.21. The number of hydrogen-bond donors (Lipinski definition) is 0. The molecule has 234 valence electrons. The van der Waals surface area contributed by atoms with Crippen molar-refractivity contribution >= 4 is 21.5 Å². The molecule has 8 aromatic carbocycles. The third kappa shape index (κ3) is 8.75. The lowest BCUT2D eigenvalue weighted by Crippen LogP contribution is -1.89. The maximum Gasteiger partial charge on any atom is -0.00196 e. The SMILES string of the molecule is Cc1ccc(-c2ccc(C)cc2)cc1.c1ccc(Cc2cccc3ccccc23)cc1.c1ccc(Cc2cccc3ccccc23)cc1. The molecule has 0 aromatic heterocycles. The zero-order valence-electron chi connectivity index (χ0n) is 27.9. The van der Waals surface area contributed by atoms with Gasteiger partial charge in [0.1, 0.15) is 0 Å². The lowest BCUT2D eigenvalue weighted by Gasteiger charge is -2.06. The van der Waals surface area contributed by atoms with Crippen molar-refractivity contribution in [2.75, 3.05) is 0 Å². The molecule has 0 spiro atoms. The van der Waals surface area contributed by atoms with E-state index >= 15 is 0 Å². The Balaban J connectivity index is 0.000000126. The molecule has 0 heterocycles. The average molecular weight is 619 g/mol. The van der Waals surface area contributed by atoms with Crippen LogP contribution in [0, 0.1) is 13.8 Å². The van der Waals surface area contributed by atoms with Crippen molar-refractivity contribution in [2.24, 2.45) is 0 Å². The topological polar surface area (TPSA) is 0 Å². The van der Waals surface area contributed by atoms with Gasteiger partial charge < -0.3 is 0 Å². The standard InChI is InChI=1S/2C17H14.C14H14/c2*1-2-7-14(8-3-1)13-16-11-6-10-15-9-4-5-12-17(15)16;1-11-3-7-13(8-4-11)14-9-5-12(2)6-10-14/h2*1-12H,13H2;3-10H,1-2H3. The molecule has 0 amide bonds. The third-order valence-corrected chi connectivity index (χ3v) is 8.67. The maximum absolute atomic E-state index is 2.22. The Hall–Kier alpha value is -5.72. The van der Waals surface area contributed by atoms with Crippen molar-refractivity contribution in [2.45, 2.75) is 26.7 Å². The minimum Gasteiger partial charge on any atom is -0.0622 e. The molecule has 0 fully saturated rings. The average Bonchev–Trinajstić information content (AvgIpc) is 3.14. The lowest BCUT2D eigenvalue weighted by atomic mass is 9.99. The summed E-state index contributed by atoms with van der Waals surface area (Å²) < 4.78 is 0. The molecular formula is C48H42. The zero-order valence-corrected chi connectivity index (χ0v) is 27.9.